The van der Waals surface area contributed by atoms with Gasteiger partial charge in [0.1, 0.15) is 0 Å². The maximum atomic E-state index is 13.1. The first-order valence-electron chi connectivity index (χ1n) is 14.3. The van der Waals surface area contributed by atoms with Gasteiger partial charge in [-0.25, -0.2) is 4.79 Å². The third-order valence-corrected chi connectivity index (χ3v) is 7.74. The Bertz CT molecular complexity index is 1270. The molecule has 0 saturated heterocycles. The number of carbonyl (C=O) groups excluding carboxylic acids is 2. The quantitative estimate of drug-likeness (QED) is 0.298. The second kappa shape index (κ2) is 14.0. The molecule has 4 rings (SSSR count). The number of benzene rings is 3. The first-order valence-corrected chi connectivity index (χ1v) is 14.3. The Balaban J connectivity index is 1.61. The van der Waals surface area contributed by atoms with Gasteiger partial charge in [0.15, 0.2) is 0 Å². The van der Waals surface area contributed by atoms with Crippen molar-refractivity contribution in [1.29, 1.82) is 0 Å². The molecule has 1 saturated carbocycles. The van der Waals surface area contributed by atoms with Crippen LogP contribution >= 0.6 is 0 Å². The van der Waals surface area contributed by atoms with Crippen molar-refractivity contribution in [3.8, 4) is 11.1 Å². The van der Waals surface area contributed by atoms with Crippen LogP contribution < -0.4 is 16.0 Å². The third-order valence-electron chi connectivity index (χ3n) is 7.74. The number of unbranched alkanes of at least 4 members (excludes halogenated alkanes) is 1. The number of nitrogens with two attached hydrogens (primary N) is 1. The summed E-state index contributed by atoms with van der Waals surface area (Å²) in [6, 6.07) is 24.0. The first kappa shape index (κ1) is 29.2. The number of hydrogen-bond donors (Lipinski definition) is 2. The smallest absolute Gasteiger partial charge is 0.410 e. The Morgan fingerprint density at radius 3 is 2.38 bits per heavy atom. The van der Waals surface area contributed by atoms with E-state index in [-0.39, 0.29) is 24.1 Å². The summed E-state index contributed by atoms with van der Waals surface area (Å²) in [6.07, 6.45) is 5.44. The fourth-order valence-corrected chi connectivity index (χ4v) is 5.37. The number of nitrogens with one attached hydrogen (secondary N) is 1. The Hall–Kier alpha value is -3.84. The van der Waals surface area contributed by atoms with Crippen molar-refractivity contribution in [3.63, 3.8) is 0 Å². The van der Waals surface area contributed by atoms with Crippen molar-refractivity contribution in [3.05, 3.63) is 83.9 Å². The van der Waals surface area contributed by atoms with Gasteiger partial charge < -0.3 is 25.6 Å². The molecule has 0 radical (unpaired) electrons. The van der Waals surface area contributed by atoms with Crippen LogP contribution in [0.2, 0.25) is 0 Å². The summed E-state index contributed by atoms with van der Waals surface area (Å²) >= 11 is 0. The van der Waals surface area contributed by atoms with E-state index in [1.807, 2.05) is 53.4 Å². The Kier molecular flexibility index (Phi) is 10.2. The molecule has 0 heterocycles. The van der Waals surface area contributed by atoms with E-state index in [2.05, 4.69) is 48.5 Å². The predicted molar refractivity (Wildman–Crippen MR) is 163 cm³/mol. The molecule has 212 valence electrons. The Morgan fingerprint density at radius 2 is 1.68 bits per heavy atom. The molecule has 40 heavy (non-hydrogen) atoms. The lowest BCUT2D eigenvalue weighted by Gasteiger charge is -2.35. The van der Waals surface area contributed by atoms with Gasteiger partial charge in [0, 0.05) is 37.8 Å². The van der Waals surface area contributed by atoms with Crippen molar-refractivity contribution in [1.82, 2.24) is 4.90 Å². The average molecular weight is 543 g/mol. The number of carbonyl (C=O) groups is 2. The molecule has 2 amide bonds. The number of anilines is 2. The van der Waals surface area contributed by atoms with E-state index in [0.29, 0.717) is 12.1 Å². The van der Waals surface area contributed by atoms with E-state index in [1.54, 1.807) is 0 Å². The molecule has 7 heteroatoms. The third kappa shape index (κ3) is 7.42. The summed E-state index contributed by atoms with van der Waals surface area (Å²) in [6.45, 7) is 3.54. The van der Waals surface area contributed by atoms with E-state index in [4.69, 9.17) is 10.5 Å². The normalized spacial score (nSPS) is 16.7. The molecule has 7 nitrogen and oxygen atoms in total. The van der Waals surface area contributed by atoms with Crippen LogP contribution in [0, 0.1) is 0 Å². The van der Waals surface area contributed by atoms with Crippen molar-refractivity contribution in [2.24, 2.45) is 5.73 Å². The molecule has 0 atom stereocenters. The van der Waals surface area contributed by atoms with Crippen LogP contribution in [-0.4, -0.2) is 49.7 Å². The monoisotopic (exact) mass is 542 g/mol. The zero-order valence-corrected chi connectivity index (χ0v) is 23.9. The molecule has 3 N–H and O–H groups in total. The fourth-order valence-electron chi connectivity index (χ4n) is 5.37. The van der Waals surface area contributed by atoms with Crippen LogP contribution in [0.1, 0.15) is 61.4 Å². The predicted octanol–water partition coefficient (Wildman–Crippen LogP) is 6.68. The van der Waals surface area contributed by atoms with Gasteiger partial charge in [-0.3, -0.25) is 4.79 Å². The molecule has 1 aliphatic rings. The Labute approximate surface area is 238 Å². The summed E-state index contributed by atoms with van der Waals surface area (Å²) in [5.41, 5.74) is 11.5. The molecule has 1 fully saturated rings. The summed E-state index contributed by atoms with van der Waals surface area (Å²) < 4.78 is 5.14. The molecule has 3 aromatic rings. The lowest BCUT2D eigenvalue weighted by molar-refractivity contribution is 0.0879. The van der Waals surface area contributed by atoms with Crippen molar-refractivity contribution in [2.75, 3.05) is 30.9 Å². The van der Waals surface area contributed by atoms with Gasteiger partial charge in [-0.2, -0.15) is 0 Å². The second-order valence-corrected chi connectivity index (χ2v) is 10.7. The molecular weight excluding hydrogens is 500 g/mol. The van der Waals surface area contributed by atoms with Crippen LogP contribution in [0.3, 0.4) is 0 Å². The van der Waals surface area contributed by atoms with E-state index >= 15 is 0 Å². The molecule has 0 aromatic heterocycles. The molecule has 1 aliphatic carbocycles. The van der Waals surface area contributed by atoms with Gasteiger partial charge in [0.25, 0.3) is 5.91 Å². The van der Waals surface area contributed by atoms with Crippen LogP contribution in [0.4, 0.5) is 16.2 Å². The van der Waals surface area contributed by atoms with Crippen LogP contribution in [0.5, 0.6) is 0 Å². The highest BCUT2D eigenvalue weighted by molar-refractivity contribution is 6.06. The van der Waals surface area contributed by atoms with Gasteiger partial charge in [0.2, 0.25) is 0 Å². The molecule has 0 unspecified atom stereocenters. The highest BCUT2D eigenvalue weighted by atomic mass is 16.5. The van der Waals surface area contributed by atoms with E-state index < -0.39 is 0 Å². The summed E-state index contributed by atoms with van der Waals surface area (Å²) in [4.78, 5) is 29.8. The van der Waals surface area contributed by atoms with Crippen LogP contribution in [-0.2, 0) is 11.3 Å². The fraction of sp³-hybridized carbons (Fsp3) is 0.394. The maximum absolute atomic E-state index is 13.1. The SMILES string of the molecule is CCCCN(C)c1ccc(-c2cccc(CN(C(=O)OC)C3CCC(N)CC3)c2)cc1NC(=O)c1ccccc1. The number of hydrogen-bond acceptors (Lipinski definition) is 5. The lowest BCUT2D eigenvalue weighted by Crippen LogP contribution is -2.43. The number of nitrogens with zero attached hydrogens (tertiary/aromatic N) is 2. The zero-order valence-electron chi connectivity index (χ0n) is 23.9. The lowest BCUT2D eigenvalue weighted by atomic mass is 9.90. The molecule has 0 bridgehead atoms. The first-order chi connectivity index (χ1) is 19.4. The molecule has 0 aliphatic heterocycles. The van der Waals surface area contributed by atoms with Crippen molar-refractivity contribution >= 4 is 23.4 Å². The number of rotatable bonds is 10. The number of amides is 2. The number of methoxy groups -OCH3 is 1. The minimum Gasteiger partial charge on any atom is -0.453 e. The molecular formula is C33H42N4O3. The van der Waals surface area contributed by atoms with Gasteiger partial charge >= 0.3 is 6.09 Å². The zero-order chi connectivity index (χ0) is 28.5. The van der Waals surface area contributed by atoms with Crippen LogP contribution in [0.15, 0.2) is 72.8 Å². The van der Waals surface area contributed by atoms with Gasteiger partial charge in [-0.1, -0.05) is 55.8 Å². The highest BCUT2D eigenvalue weighted by Crippen LogP contribution is 2.33. The highest BCUT2D eigenvalue weighted by Gasteiger charge is 2.28. The summed E-state index contributed by atoms with van der Waals surface area (Å²) in [5.74, 6) is -0.141. The molecule has 3 aromatic carbocycles. The maximum Gasteiger partial charge on any atom is 0.410 e. The van der Waals surface area contributed by atoms with Crippen molar-refractivity contribution < 1.29 is 14.3 Å². The van der Waals surface area contributed by atoms with Gasteiger partial charge in [-0.15, -0.1) is 0 Å². The van der Waals surface area contributed by atoms with Gasteiger partial charge in [-0.05, 0) is 79.1 Å². The summed E-state index contributed by atoms with van der Waals surface area (Å²) in [5, 5.41) is 3.15. The van der Waals surface area contributed by atoms with Crippen LogP contribution in [0.25, 0.3) is 11.1 Å². The van der Waals surface area contributed by atoms with E-state index in [0.717, 1.165) is 73.1 Å². The van der Waals surface area contributed by atoms with Crippen molar-refractivity contribution in [2.45, 2.75) is 64.1 Å². The average Bonchev–Trinajstić information content (AvgIpc) is 2.99. The largest absolute Gasteiger partial charge is 0.453 e. The topological polar surface area (TPSA) is 87.9 Å². The second-order valence-electron chi connectivity index (χ2n) is 10.7. The number of ether oxygens (including phenoxy) is 1. The summed E-state index contributed by atoms with van der Waals surface area (Å²) in [7, 11) is 3.49. The van der Waals surface area contributed by atoms with E-state index in [1.165, 1.54) is 7.11 Å². The minimum absolute atomic E-state index is 0.119. The Morgan fingerprint density at radius 1 is 0.950 bits per heavy atom. The van der Waals surface area contributed by atoms with Gasteiger partial charge in [0.05, 0.1) is 18.5 Å². The molecule has 0 spiro atoms. The standard InChI is InChI=1S/C33H42N4O3/c1-4-5-20-36(2)31-19-14-27(22-30(31)35-32(38)25-11-7-6-8-12-25)26-13-9-10-24(21-26)23-37(33(39)40-3)29-17-15-28(34)16-18-29/h6-14,19,21-22,28-29H,4-5,15-18,20,23,34H2,1-3H3,(H,35,38). The minimum atomic E-state index is -0.309. The van der Waals surface area contributed by atoms with E-state index in [9.17, 15) is 9.59 Å².